The van der Waals surface area contributed by atoms with Gasteiger partial charge >= 0.3 is 0 Å². The Hall–Kier alpha value is -3.82. The molecule has 5 rings (SSSR count). The zero-order chi connectivity index (χ0) is 21.6. The summed E-state index contributed by atoms with van der Waals surface area (Å²) in [5, 5.41) is 9.96. The molecule has 6 nitrogen and oxygen atoms in total. The molecule has 0 amide bonds. The largest absolute Gasteiger partial charge is 0.462 e. The second kappa shape index (κ2) is 6.86. The molecule has 31 heavy (non-hydrogen) atoms. The third kappa shape index (κ3) is 3.39. The first kappa shape index (κ1) is 19.2. The van der Waals surface area contributed by atoms with Crippen LogP contribution in [0, 0.1) is 11.8 Å². The summed E-state index contributed by atoms with van der Waals surface area (Å²) in [6, 6.07) is 15.7. The van der Waals surface area contributed by atoms with Crippen LogP contribution in [0.3, 0.4) is 0 Å². The highest BCUT2D eigenvalue weighted by molar-refractivity contribution is 5.78. The van der Waals surface area contributed by atoms with Gasteiger partial charge in [-0.2, -0.15) is 0 Å². The monoisotopic (exact) mass is 411 g/mol. The molecule has 0 aliphatic carbocycles. The summed E-state index contributed by atoms with van der Waals surface area (Å²) in [5.74, 6) is 7.26. The van der Waals surface area contributed by atoms with Crippen LogP contribution in [0.4, 0.5) is 0 Å². The number of hydrogen-bond acceptors (Lipinski definition) is 6. The molecule has 3 N–H and O–H groups in total. The molecule has 0 radical (unpaired) electrons. The third-order valence-corrected chi connectivity index (χ3v) is 5.31. The molecule has 6 heteroatoms. The predicted octanol–water partition coefficient (Wildman–Crippen LogP) is 3.57. The summed E-state index contributed by atoms with van der Waals surface area (Å²) in [5.41, 5.74) is 8.48. The number of pyridine rings is 1. The van der Waals surface area contributed by atoms with E-state index in [0.29, 0.717) is 11.5 Å². The Labute approximate surface area is 180 Å². The lowest BCUT2D eigenvalue weighted by Crippen LogP contribution is -2.31. The molecular weight excluding hydrogens is 390 g/mol. The van der Waals surface area contributed by atoms with Crippen molar-refractivity contribution in [1.82, 2.24) is 4.98 Å². The van der Waals surface area contributed by atoms with Crippen molar-refractivity contribution in [3.05, 3.63) is 77.6 Å². The van der Waals surface area contributed by atoms with Gasteiger partial charge in [-0.25, -0.2) is 4.99 Å². The van der Waals surface area contributed by atoms with Crippen LogP contribution in [0.5, 0.6) is 11.5 Å². The van der Waals surface area contributed by atoms with Crippen molar-refractivity contribution in [2.45, 2.75) is 25.0 Å². The van der Waals surface area contributed by atoms with Gasteiger partial charge in [0.1, 0.15) is 23.7 Å². The first-order valence-electron chi connectivity index (χ1n) is 9.95. The minimum Gasteiger partial charge on any atom is -0.462 e. The fourth-order valence-corrected chi connectivity index (χ4v) is 3.87. The number of aliphatic imine (C=N–C) groups is 1. The van der Waals surface area contributed by atoms with Crippen molar-refractivity contribution in [1.29, 1.82) is 0 Å². The molecule has 1 aromatic heterocycles. The number of fused-ring (bicyclic) bond motifs is 4. The number of benzene rings is 2. The van der Waals surface area contributed by atoms with Crippen molar-refractivity contribution >= 4 is 6.02 Å². The number of rotatable bonds is 1. The van der Waals surface area contributed by atoms with Gasteiger partial charge in [-0.3, -0.25) is 4.98 Å². The Morgan fingerprint density at radius 2 is 1.84 bits per heavy atom. The van der Waals surface area contributed by atoms with Crippen molar-refractivity contribution in [3.63, 3.8) is 0 Å². The molecule has 0 unspecified atom stereocenters. The van der Waals surface area contributed by atoms with E-state index in [2.05, 4.69) is 22.9 Å². The lowest BCUT2D eigenvalue weighted by molar-refractivity contribution is 0.143. The average molecular weight is 411 g/mol. The minimum absolute atomic E-state index is 0.138. The van der Waals surface area contributed by atoms with E-state index in [4.69, 9.17) is 20.2 Å². The number of amidine groups is 1. The van der Waals surface area contributed by atoms with Crippen LogP contribution >= 0.6 is 0 Å². The van der Waals surface area contributed by atoms with Crippen LogP contribution in [-0.4, -0.2) is 28.3 Å². The van der Waals surface area contributed by atoms with Crippen LogP contribution < -0.4 is 10.5 Å². The van der Waals surface area contributed by atoms with Crippen molar-refractivity contribution in [2.24, 2.45) is 10.7 Å². The summed E-state index contributed by atoms with van der Waals surface area (Å²) in [6.07, 6.45) is 3.56. The van der Waals surface area contributed by atoms with Crippen molar-refractivity contribution < 1.29 is 14.6 Å². The first-order chi connectivity index (χ1) is 14.8. The van der Waals surface area contributed by atoms with E-state index in [1.165, 1.54) is 0 Å². The number of hydrogen-bond donors (Lipinski definition) is 2. The quantitative estimate of drug-likeness (QED) is 0.598. The fraction of sp³-hybridized carbons (Fsp3) is 0.200. The van der Waals surface area contributed by atoms with E-state index in [1.54, 1.807) is 20.0 Å². The maximum Gasteiger partial charge on any atom is 0.283 e. The first-order valence-corrected chi connectivity index (χ1v) is 9.95. The number of aliphatic hydroxyl groups is 1. The number of nitrogens with zero attached hydrogens (tertiary/aromatic N) is 2. The normalized spacial score (nSPS) is 18.7. The van der Waals surface area contributed by atoms with Crippen LogP contribution in [0.25, 0.3) is 11.1 Å². The summed E-state index contributed by atoms with van der Waals surface area (Å²) in [6.45, 7) is 3.56. The van der Waals surface area contributed by atoms with Gasteiger partial charge in [-0.15, -0.1) is 0 Å². The summed E-state index contributed by atoms with van der Waals surface area (Å²) in [7, 11) is 0. The molecule has 2 aromatic carbocycles. The predicted molar refractivity (Wildman–Crippen MR) is 118 cm³/mol. The highest BCUT2D eigenvalue weighted by atomic mass is 16.5. The Balaban J connectivity index is 1.69. The molecule has 1 spiro atoms. The van der Waals surface area contributed by atoms with Crippen LogP contribution in [-0.2, 0) is 10.3 Å². The molecule has 0 bridgehead atoms. The van der Waals surface area contributed by atoms with E-state index in [0.717, 1.165) is 27.8 Å². The lowest BCUT2D eigenvalue weighted by Gasteiger charge is -2.33. The van der Waals surface area contributed by atoms with E-state index in [1.807, 2.05) is 48.7 Å². The molecule has 2 aliphatic heterocycles. The Morgan fingerprint density at radius 3 is 2.52 bits per heavy atom. The minimum atomic E-state index is -1.09. The van der Waals surface area contributed by atoms with Gasteiger partial charge < -0.3 is 20.3 Å². The van der Waals surface area contributed by atoms with Crippen LogP contribution in [0.15, 0.2) is 65.9 Å². The standard InChI is InChI=1S/C25H21N3O3/c1-24(2,29)10-9-16-5-7-21-19(12-16)25(15-30-23(26)28-25)20-13-17(6-8-22(20)31-21)18-4-3-11-27-14-18/h3-8,11-14,29H,15H2,1-2H3,(H2,26,28)/t25-/m1/s1. The van der Waals surface area contributed by atoms with E-state index in [9.17, 15) is 5.11 Å². The topological polar surface area (TPSA) is 90.0 Å². The molecule has 1 atom stereocenters. The molecule has 0 saturated heterocycles. The van der Waals surface area contributed by atoms with Gasteiger partial charge in [0.15, 0.2) is 5.54 Å². The van der Waals surface area contributed by atoms with Gasteiger partial charge in [-0.05, 0) is 55.8 Å². The lowest BCUT2D eigenvalue weighted by atomic mass is 9.80. The third-order valence-electron chi connectivity index (χ3n) is 5.31. The van der Waals surface area contributed by atoms with Gasteiger partial charge in [0.25, 0.3) is 6.02 Å². The van der Waals surface area contributed by atoms with Crippen LogP contribution in [0.1, 0.15) is 30.5 Å². The Bertz CT molecular complexity index is 1270. The second-order valence-corrected chi connectivity index (χ2v) is 8.17. The number of ether oxygens (including phenoxy) is 2. The molecule has 0 fully saturated rings. The maximum atomic E-state index is 9.96. The van der Waals surface area contributed by atoms with Crippen LogP contribution in [0.2, 0.25) is 0 Å². The zero-order valence-corrected chi connectivity index (χ0v) is 17.2. The fourth-order valence-electron chi connectivity index (χ4n) is 3.87. The smallest absolute Gasteiger partial charge is 0.283 e. The molecule has 154 valence electrons. The summed E-state index contributed by atoms with van der Waals surface area (Å²) in [4.78, 5) is 8.95. The van der Waals surface area contributed by atoms with Crippen molar-refractivity contribution in [3.8, 4) is 34.5 Å². The average Bonchev–Trinajstić information content (AvgIpc) is 3.15. The zero-order valence-electron chi connectivity index (χ0n) is 17.2. The van der Waals surface area contributed by atoms with Gasteiger partial charge in [-0.1, -0.05) is 24.0 Å². The maximum absolute atomic E-state index is 9.96. The van der Waals surface area contributed by atoms with E-state index >= 15 is 0 Å². The van der Waals surface area contributed by atoms with E-state index in [-0.39, 0.29) is 12.6 Å². The van der Waals surface area contributed by atoms with Crippen molar-refractivity contribution in [2.75, 3.05) is 6.61 Å². The summed E-state index contributed by atoms with van der Waals surface area (Å²) < 4.78 is 11.9. The number of nitrogens with two attached hydrogens (primary N) is 1. The molecule has 0 saturated carbocycles. The Kier molecular flexibility index (Phi) is 4.24. The van der Waals surface area contributed by atoms with Gasteiger partial charge in [0.2, 0.25) is 0 Å². The molecule has 2 aliphatic rings. The van der Waals surface area contributed by atoms with Gasteiger partial charge in [0.05, 0.1) is 0 Å². The van der Waals surface area contributed by atoms with Gasteiger partial charge in [0, 0.05) is 34.6 Å². The Morgan fingerprint density at radius 1 is 1.06 bits per heavy atom. The molecule has 3 aromatic rings. The molecule has 3 heterocycles. The number of aromatic nitrogens is 1. The highest BCUT2D eigenvalue weighted by Crippen LogP contribution is 2.51. The second-order valence-electron chi connectivity index (χ2n) is 8.17. The molecular formula is C25H21N3O3. The summed E-state index contributed by atoms with van der Waals surface area (Å²) >= 11 is 0. The SMILES string of the molecule is CC(C)(O)C#Cc1ccc2c(c1)[C@]1(COC(N)=N1)c1cc(-c3cccnc3)ccc1O2. The van der Waals surface area contributed by atoms with E-state index < -0.39 is 11.1 Å². The highest BCUT2D eigenvalue weighted by Gasteiger charge is 2.47.